The molecule has 3 aromatic rings. The normalized spacial score (nSPS) is 11.2. The van der Waals surface area contributed by atoms with Gasteiger partial charge in [0, 0.05) is 34.9 Å². The maximum atomic E-state index is 12.7. The first-order valence-electron chi connectivity index (χ1n) is 9.45. The second-order valence-electron chi connectivity index (χ2n) is 7.14. The Balaban J connectivity index is 1.93. The molecule has 0 spiro atoms. The molecule has 0 bridgehead atoms. The van der Waals surface area contributed by atoms with Crippen LogP contribution in [0.4, 0.5) is 11.4 Å². The molecule has 1 aromatic heterocycles. The fourth-order valence-electron chi connectivity index (χ4n) is 3.35. The molecular formula is C23H18Cl2N4O3. The summed E-state index contributed by atoms with van der Waals surface area (Å²) in [7, 11) is 0. The first-order chi connectivity index (χ1) is 15.1. The Morgan fingerprint density at radius 3 is 2.44 bits per heavy atom. The molecule has 1 amide bonds. The van der Waals surface area contributed by atoms with Gasteiger partial charge < -0.3 is 9.88 Å². The summed E-state index contributed by atoms with van der Waals surface area (Å²) in [6, 6.07) is 13.2. The van der Waals surface area contributed by atoms with Gasteiger partial charge in [0.05, 0.1) is 15.0 Å². The van der Waals surface area contributed by atoms with Crippen LogP contribution in [-0.4, -0.2) is 15.4 Å². The van der Waals surface area contributed by atoms with E-state index in [2.05, 4.69) is 5.32 Å². The fraction of sp³-hybridized carbons (Fsp3) is 0.130. The molecule has 2 aromatic carbocycles. The lowest BCUT2D eigenvalue weighted by molar-refractivity contribution is -0.384. The molecule has 0 fully saturated rings. The number of non-ortho nitro benzene ring substituents is 1. The lowest BCUT2D eigenvalue weighted by Gasteiger charge is -2.11. The third-order valence-corrected chi connectivity index (χ3v) is 5.70. The van der Waals surface area contributed by atoms with Crippen molar-refractivity contribution in [1.29, 1.82) is 5.26 Å². The van der Waals surface area contributed by atoms with Gasteiger partial charge in [-0.3, -0.25) is 14.9 Å². The number of nitrogens with one attached hydrogen (secondary N) is 1. The third kappa shape index (κ3) is 4.67. The average Bonchev–Trinajstić information content (AvgIpc) is 3.02. The first kappa shape index (κ1) is 23.1. The summed E-state index contributed by atoms with van der Waals surface area (Å²) in [5.74, 6) is -0.608. The van der Waals surface area contributed by atoms with Crippen LogP contribution in [-0.2, 0) is 4.79 Å². The van der Waals surface area contributed by atoms with Crippen LogP contribution < -0.4 is 5.32 Å². The van der Waals surface area contributed by atoms with E-state index in [4.69, 9.17) is 23.2 Å². The van der Waals surface area contributed by atoms with E-state index in [-0.39, 0.29) is 11.3 Å². The number of amides is 1. The van der Waals surface area contributed by atoms with Gasteiger partial charge >= 0.3 is 0 Å². The van der Waals surface area contributed by atoms with Crippen molar-refractivity contribution >= 4 is 46.6 Å². The minimum Gasteiger partial charge on any atom is -0.321 e. The topological polar surface area (TPSA) is 101 Å². The van der Waals surface area contributed by atoms with Crippen LogP contribution in [0.5, 0.6) is 0 Å². The minimum absolute atomic E-state index is 0.0775. The SMILES string of the molecule is Cc1cc([N+](=O)[O-])ccc1NC(=O)C(C#N)=Cc1cc(C)n(-c2ccc(Cl)c(Cl)c2)c1C. The van der Waals surface area contributed by atoms with Gasteiger partial charge in [-0.1, -0.05) is 23.2 Å². The van der Waals surface area contributed by atoms with Crippen molar-refractivity contribution in [2.75, 3.05) is 5.32 Å². The lowest BCUT2D eigenvalue weighted by Crippen LogP contribution is -2.14. The van der Waals surface area contributed by atoms with Crippen molar-refractivity contribution in [3.63, 3.8) is 0 Å². The van der Waals surface area contributed by atoms with Crippen molar-refractivity contribution < 1.29 is 9.72 Å². The van der Waals surface area contributed by atoms with Crippen molar-refractivity contribution in [1.82, 2.24) is 4.57 Å². The summed E-state index contributed by atoms with van der Waals surface area (Å²) in [6.07, 6.45) is 1.51. The van der Waals surface area contributed by atoms with E-state index in [1.54, 1.807) is 19.1 Å². The van der Waals surface area contributed by atoms with Crippen molar-refractivity contribution in [3.8, 4) is 11.8 Å². The maximum absolute atomic E-state index is 12.7. The van der Waals surface area contributed by atoms with Gasteiger partial charge in [0.15, 0.2) is 0 Å². The number of benzene rings is 2. The number of hydrogen-bond acceptors (Lipinski definition) is 4. The standard InChI is InChI=1S/C23H18Cl2N4O3/c1-13-8-19(29(31)32)5-7-22(13)27-23(30)17(12-26)10-16-9-14(2)28(15(16)3)18-4-6-20(24)21(25)11-18/h4-11H,1-3H3,(H,27,30). The van der Waals surface area contributed by atoms with Gasteiger partial charge in [-0.25, -0.2) is 0 Å². The summed E-state index contributed by atoms with van der Waals surface area (Å²) < 4.78 is 1.95. The number of anilines is 1. The molecule has 0 atom stereocenters. The van der Waals surface area contributed by atoms with E-state index in [1.165, 1.54) is 24.3 Å². The molecule has 0 unspecified atom stereocenters. The van der Waals surface area contributed by atoms with E-state index in [1.807, 2.05) is 36.6 Å². The highest BCUT2D eigenvalue weighted by molar-refractivity contribution is 6.42. The number of carbonyl (C=O) groups excluding carboxylic acids is 1. The van der Waals surface area contributed by atoms with Crippen molar-refractivity contribution in [3.05, 3.63) is 90.7 Å². The molecule has 0 saturated carbocycles. The monoisotopic (exact) mass is 468 g/mol. The van der Waals surface area contributed by atoms with Gasteiger partial charge in [0.25, 0.3) is 11.6 Å². The molecule has 0 aliphatic carbocycles. The minimum atomic E-state index is -0.608. The molecule has 0 aliphatic heterocycles. The van der Waals surface area contributed by atoms with Crippen molar-refractivity contribution in [2.45, 2.75) is 20.8 Å². The quantitative estimate of drug-likeness (QED) is 0.209. The Labute approximate surface area is 194 Å². The second kappa shape index (κ2) is 9.27. The van der Waals surface area contributed by atoms with Crippen LogP contribution in [0.3, 0.4) is 0 Å². The summed E-state index contributed by atoms with van der Waals surface area (Å²) in [5, 5.41) is 24.0. The highest BCUT2D eigenvalue weighted by Crippen LogP contribution is 2.28. The van der Waals surface area contributed by atoms with Gasteiger partial charge in [-0.05, 0) is 68.3 Å². The van der Waals surface area contributed by atoms with E-state index < -0.39 is 10.8 Å². The number of nitriles is 1. The van der Waals surface area contributed by atoms with Gasteiger partial charge in [-0.2, -0.15) is 5.26 Å². The Kier molecular flexibility index (Phi) is 6.68. The number of aromatic nitrogens is 1. The zero-order valence-electron chi connectivity index (χ0n) is 17.4. The molecule has 32 heavy (non-hydrogen) atoms. The second-order valence-corrected chi connectivity index (χ2v) is 7.95. The highest BCUT2D eigenvalue weighted by Gasteiger charge is 2.16. The molecule has 0 radical (unpaired) electrons. The van der Waals surface area contributed by atoms with Gasteiger partial charge in [0.1, 0.15) is 11.6 Å². The van der Waals surface area contributed by atoms with E-state index in [0.29, 0.717) is 26.9 Å². The Morgan fingerprint density at radius 1 is 1.12 bits per heavy atom. The number of carbonyl (C=O) groups is 1. The summed E-state index contributed by atoms with van der Waals surface area (Å²) in [4.78, 5) is 23.1. The van der Waals surface area contributed by atoms with E-state index >= 15 is 0 Å². The molecular weight excluding hydrogens is 451 g/mol. The van der Waals surface area contributed by atoms with Crippen LogP contribution >= 0.6 is 23.2 Å². The molecule has 162 valence electrons. The molecule has 7 nitrogen and oxygen atoms in total. The smallest absolute Gasteiger partial charge is 0.269 e. The van der Waals surface area contributed by atoms with Crippen LogP contribution in [0.2, 0.25) is 10.0 Å². The Morgan fingerprint density at radius 2 is 1.84 bits per heavy atom. The highest BCUT2D eigenvalue weighted by atomic mass is 35.5. The van der Waals surface area contributed by atoms with Crippen LogP contribution in [0.25, 0.3) is 11.8 Å². The zero-order chi connectivity index (χ0) is 23.6. The summed E-state index contributed by atoms with van der Waals surface area (Å²) in [5.41, 5.74) is 3.93. The number of aryl methyl sites for hydroxylation is 2. The number of hydrogen-bond donors (Lipinski definition) is 1. The predicted molar refractivity (Wildman–Crippen MR) is 125 cm³/mol. The fourth-order valence-corrected chi connectivity index (χ4v) is 3.64. The van der Waals surface area contributed by atoms with Crippen molar-refractivity contribution in [2.24, 2.45) is 0 Å². The number of rotatable bonds is 5. The lowest BCUT2D eigenvalue weighted by atomic mass is 10.1. The average molecular weight is 469 g/mol. The molecule has 1 heterocycles. The van der Waals surface area contributed by atoms with Crippen LogP contribution in [0.15, 0.2) is 48.0 Å². The Bertz CT molecular complexity index is 1320. The zero-order valence-corrected chi connectivity index (χ0v) is 19.0. The first-order valence-corrected chi connectivity index (χ1v) is 10.2. The molecule has 1 N–H and O–H groups in total. The summed E-state index contributed by atoms with van der Waals surface area (Å²) in [6.45, 7) is 5.41. The predicted octanol–water partition coefficient (Wildman–Crippen LogP) is 6.16. The molecule has 0 saturated heterocycles. The summed E-state index contributed by atoms with van der Waals surface area (Å²) >= 11 is 12.2. The van der Waals surface area contributed by atoms with Crippen LogP contribution in [0.1, 0.15) is 22.5 Å². The number of halogens is 2. The molecule has 9 heteroatoms. The van der Waals surface area contributed by atoms with Gasteiger partial charge in [0.2, 0.25) is 0 Å². The van der Waals surface area contributed by atoms with E-state index in [0.717, 1.165) is 17.1 Å². The largest absolute Gasteiger partial charge is 0.321 e. The third-order valence-electron chi connectivity index (χ3n) is 4.97. The number of nitro benzene ring substituents is 1. The Hall–Kier alpha value is -3.60. The number of nitrogens with zero attached hydrogens (tertiary/aromatic N) is 3. The maximum Gasteiger partial charge on any atom is 0.269 e. The van der Waals surface area contributed by atoms with E-state index in [9.17, 15) is 20.2 Å². The molecule has 0 aliphatic rings. The van der Waals surface area contributed by atoms with Crippen LogP contribution in [0, 0.1) is 42.2 Å². The van der Waals surface area contributed by atoms with Gasteiger partial charge in [-0.15, -0.1) is 0 Å². The number of nitro groups is 1. The molecule has 3 rings (SSSR count).